The molecule has 1 N–H and O–H groups in total. The first-order valence-electron chi connectivity index (χ1n) is 9.20. The number of para-hydroxylation sites is 1. The van der Waals surface area contributed by atoms with Gasteiger partial charge in [-0.25, -0.2) is 9.78 Å². The molecule has 0 fully saturated rings. The van der Waals surface area contributed by atoms with E-state index in [4.69, 9.17) is 9.15 Å². The zero-order chi connectivity index (χ0) is 22.2. The number of aromatic nitrogens is 2. The second-order valence-corrected chi connectivity index (χ2v) is 6.76. The Labute approximate surface area is 173 Å². The molecule has 1 atom stereocenters. The molecule has 1 unspecified atom stereocenters. The summed E-state index contributed by atoms with van der Waals surface area (Å²) < 4.78 is 49.4. The van der Waals surface area contributed by atoms with Gasteiger partial charge in [-0.1, -0.05) is 24.3 Å². The van der Waals surface area contributed by atoms with E-state index < -0.39 is 23.8 Å². The van der Waals surface area contributed by atoms with Gasteiger partial charge in [-0.15, -0.1) is 0 Å². The number of hydrogen-bond acceptors (Lipinski definition) is 5. The number of benzene rings is 2. The van der Waals surface area contributed by atoms with Crippen LogP contribution < -0.4 is 5.56 Å². The van der Waals surface area contributed by atoms with Crippen molar-refractivity contribution in [1.29, 1.82) is 0 Å². The number of carbonyl (C=O) groups excluding carboxylic acids is 1. The topological polar surface area (TPSA) is 85.2 Å². The van der Waals surface area contributed by atoms with Crippen molar-refractivity contribution in [2.24, 2.45) is 0 Å². The van der Waals surface area contributed by atoms with E-state index in [2.05, 4.69) is 9.97 Å². The van der Waals surface area contributed by atoms with Gasteiger partial charge in [0.2, 0.25) is 5.76 Å². The molecule has 9 heteroatoms. The van der Waals surface area contributed by atoms with Crippen LogP contribution in [-0.2, 0) is 10.9 Å². The van der Waals surface area contributed by atoms with Gasteiger partial charge in [0.15, 0.2) is 11.9 Å². The highest BCUT2D eigenvalue weighted by Crippen LogP contribution is 2.33. The van der Waals surface area contributed by atoms with Crippen molar-refractivity contribution >= 4 is 16.9 Å². The van der Waals surface area contributed by atoms with Crippen LogP contribution in [-0.4, -0.2) is 15.9 Å². The third-order valence-electron chi connectivity index (χ3n) is 4.58. The summed E-state index contributed by atoms with van der Waals surface area (Å²) >= 11 is 0. The number of ether oxygens (including phenoxy) is 1. The zero-order valence-electron chi connectivity index (χ0n) is 16.1. The smallest absolute Gasteiger partial charge is 0.416 e. The number of nitrogens with zero attached hydrogens (tertiary/aromatic N) is 1. The number of esters is 1. The second kappa shape index (κ2) is 7.75. The number of nitrogens with one attached hydrogen (secondary N) is 1. The van der Waals surface area contributed by atoms with E-state index >= 15 is 0 Å². The molecule has 2 aromatic heterocycles. The Balaban J connectivity index is 1.54. The van der Waals surface area contributed by atoms with Crippen molar-refractivity contribution in [3.05, 3.63) is 88.2 Å². The molecule has 0 aliphatic rings. The fraction of sp³-hybridized carbons (Fsp3) is 0.136. The number of alkyl halides is 3. The Hall–Kier alpha value is -3.88. The van der Waals surface area contributed by atoms with Crippen LogP contribution in [0.3, 0.4) is 0 Å². The maximum absolute atomic E-state index is 12.9. The lowest BCUT2D eigenvalue weighted by Gasteiger charge is -2.12. The van der Waals surface area contributed by atoms with E-state index in [0.29, 0.717) is 10.9 Å². The summed E-state index contributed by atoms with van der Waals surface area (Å²) in [7, 11) is 0. The Kier molecular flexibility index (Phi) is 5.10. The molecule has 0 aliphatic carbocycles. The van der Waals surface area contributed by atoms with Crippen LogP contribution in [0.4, 0.5) is 13.2 Å². The Bertz CT molecular complexity index is 1320. The summed E-state index contributed by atoms with van der Waals surface area (Å²) in [6, 6.07) is 14.0. The molecule has 0 saturated heterocycles. The predicted octanol–water partition coefficient (Wildman–Crippen LogP) is 5.12. The number of H-pyrrole nitrogens is 1. The highest BCUT2D eigenvalue weighted by atomic mass is 19.4. The fourth-order valence-corrected chi connectivity index (χ4v) is 3.02. The summed E-state index contributed by atoms with van der Waals surface area (Å²) in [4.78, 5) is 31.5. The molecule has 0 radical (unpaired) electrons. The molecule has 4 rings (SSSR count). The number of aromatic amines is 1. The fourth-order valence-electron chi connectivity index (χ4n) is 3.02. The summed E-state index contributed by atoms with van der Waals surface area (Å²) in [5, 5.41) is 0.404. The zero-order valence-corrected chi connectivity index (χ0v) is 16.1. The van der Waals surface area contributed by atoms with Crippen molar-refractivity contribution in [2.75, 3.05) is 0 Å². The van der Waals surface area contributed by atoms with E-state index in [0.717, 1.165) is 12.1 Å². The normalized spacial score (nSPS) is 12.6. The van der Waals surface area contributed by atoms with E-state index in [1.54, 1.807) is 24.3 Å². The summed E-state index contributed by atoms with van der Waals surface area (Å²) in [5.74, 6) is -0.798. The van der Waals surface area contributed by atoms with Gasteiger partial charge in [-0.05, 0) is 43.3 Å². The Morgan fingerprint density at radius 2 is 1.87 bits per heavy atom. The molecule has 4 aromatic rings. The Morgan fingerprint density at radius 3 is 2.65 bits per heavy atom. The molecule has 31 heavy (non-hydrogen) atoms. The summed E-state index contributed by atoms with van der Waals surface area (Å²) in [5.41, 5.74) is -0.574. The van der Waals surface area contributed by atoms with Crippen LogP contribution in [0.5, 0.6) is 0 Å². The lowest BCUT2D eigenvalue weighted by Crippen LogP contribution is -2.17. The second-order valence-electron chi connectivity index (χ2n) is 6.76. The van der Waals surface area contributed by atoms with Gasteiger partial charge in [-0.2, -0.15) is 13.2 Å². The lowest BCUT2D eigenvalue weighted by atomic mass is 10.1. The highest BCUT2D eigenvalue weighted by molar-refractivity contribution is 5.87. The minimum absolute atomic E-state index is 0.0861. The van der Waals surface area contributed by atoms with Gasteiger partial charge in [0.05, 0.1) is 16.5 Å². The van der Waals surface area contributed by atoms with Crippen molar-refractivity contribution in [3.8, 4) is 11.3 Å². The standard InChI is InChI=1S/C22H15F3N2O4/c1-12(19-26-16-8-3-2-7-15(16)20(28)27-19)30-21(29)18-10-9-17(31-18)13-5-4-6-14(11-13)22(23,24)25/h2-12H,1H3,(H,26,27,28). The van der Waals surface area contributed by atoms with Crippen LogP contribution in [0.1, 0.15) is 35.0 Å². The highest BCUT2D eigenvalue weighted by Gasteiger charge is 2.30. The van der Waals surface area contributed by atoms with Gasteiger partial charge in [0.1, 0.15) is 5.76 Å². The van der Waals surface area contributed by atoms with Crippen molar-refractivity contribution in [2.45, 2.75) is 19.2 Å². The van der Waals surface area contributed by atoms with Crippen LogP contribution in [0, 0.1) is 0 Å². The molecular weight excluding hydrogens is 413 g/mol. The molecule has 0 aliphatic heterocycles. The number of fused-ring (bicyclic) bond motifs is 1. The third kappa shape index (κ3) is 4.20. The number of hydrogen-bond donors (Lipinski definition) is 1. The predicted molar refractivity (Wildman–Crippen MR) is 105 cm³/mol. The minimum Gasteiger partial charge on any atom is -0.449 e. The monoisotopic (exact) mass is 428 g/mol. The number of carbonyl (C=O) groups is 1. The van der Waals surface area contributed by atoms with Crippen molar-refractivity contribution < 1.29 is 27.1 Å². The molecular formula is C22H15F3N2O4. The summed E-state index contributed by atoms with van der Waals surface area (Å²) in [6.07, 6.45) is -5.39. The van der Waals surface area contributed by atoms with Gasteiger partial charge in [-0.3, -0.25) is 4.79 Å². The molecule has 2 heterocycles. The molecule has 0 spiro atoms. The largest absolute Gasteiger partial charge is 0.449 e. The number of halogens is 3. The van der Waals surface area contributed by atoms with E-state index in [-0.39, 0.29) is 28.5 Å². The quantitative estimate of drug-likeness (QED) is 0.456. The number of rotatable bonds is 4. The van der Waals surface area contributed by atoms with Crippen LogP contribution >= 0.6 is 0 Å². The molecule has 2 aromatic carbocycles. The van der Waals surface area contributed by atoms with E-state index in [1.807, 2.05) is 0 Å². The van der Waals surface area contributed by atoms with Gasteiger partial charge < -0.3 is 14.1 Å². The first kappa shape index (κ1) is 20.4. The maximum Gasteiger partial charge on any atom is 0.416 e. The first-order valence-corrected chi connectivity index (χ1v) is 9.20. The van der Waals surface area contributed by atoms with Gasteiger partial charge >= 0.3 is 12.1 Å². The maximum atomic E-state index is 12.9. The van der Waals surface area contributed by atoms with Crippen LogP contribution in [0.15, 0.2) is 69.9 Å². The van der Waals surface area contributed by atoms with Crippen LogP contribution in [0.25, 0.3) is 22.2 Å². The van der Waals surface area contributed by atoms with Crippen molar-refractivity contribution in [3.63, 3.8) is 0 Å². The lowest BCUT2D eigenvalue weighted by molar-refractivity contribution is -0.137. The minimum atomic E-state index is -4.50. The van der Waals surface area contributed by atoms with Crippen molar-refractivity contribution in [1.82, 2.24) is 9.97 Å². The van der Waals surface area contributed by atoms with E-state index in [9.17, 15) is 22.8 Å². The average Bonchev–Trinajstić information content (AvgIpc) is 3.24. The van der Waals surface area contributed by atoms with Crippen LogP contribution in [0.2, 0.25) is 0 Å². The molecule has 0 bridgehead atoms. The molecule has 0 saturated carbocycles. The Morgan fingerprint density at radius 1 is 1.10 bits per heavy atom. The van der Waals surface area contributed by atoms with Gasteiger partial charge in [0, 0.05) is 5.56 Å². The van der Waals surface area contributed by atoms with E-state index in [1.165, 1.54) is 31.2 Å². The molecule has 6 nitrogen and oxygen atoms in total. The third-order valence-corrected chi connectivity index (χ3v) is 4.58. The van der Waals surface area contributed by atoms with Gasteiger partial charge in [0.25, 0.3) is 5.56 Å². The number of furan rings is 1. The SMILES string of the molecule is CC(OC(=O)c1ccc(-c2cccc(C(F)(F)F)c2)o1)c1nc2ccccc2c(=O)[nH]1. The average molecular weight is 428 g/mol. The molecule has 158 valence electrons. The summed E-state index contributed by atoms with van der Waals surface area (Å²) in [6.45, 7) is 1.53. The first-order chi connectivity index (χ1) is 14.7. The molecule has 0 amide bonds.